The number of hydrogen-bond acceptors (Lipinski definition) is 6. The number of aromatic nitrogens is 1. The van der Waals surface area contributed by atoms with Crippen LogP contribution in [0.1, 0.15) is 66.1 Å². The first kappa shape index (κ1) is 23.7. The third-order valence-electron chi connectivity index (χ3n) is 5.04. The second-order valence-corrected chi connectivity index (χ2v) is 10.2. The summed E-state index contributed by atoms with van der Waals surface area (Å²) >= 11 is 1.34. The molecule has 0 bridgehead atoms. The average molecular weight is 425 g/mol. The minimum absolute atomic E-state index is 0.0140. The molecule has 1 aliphatic rings. The fourth-order valence-electron chi connectivity index (χ4n) is 4.25. The van der Waals surface area contributed by atoms with E-state index in [9.17, 15) is 9.59 Å². The van der Waals surface area contributed by atoms with E-state index in [0.717, 1.165) is 32.2 Å². The quantitative estimate of drug-likeness (QED) is 0.630. The van der Waals surface area contributed by atoms with Gasteiger partial charge >= 0.3 is 0 Å². The maximum Gasteiger partial charge on any atom is 0.235 e. The molecule has 8 heteroatoms. The van der Waals surface area contributed by atoms with Gasteiger partial charge in [0.25, 0.3) is 0 Å². The lowest BCUT2D eigenvalue weighted by molar-refractivity contribution is -0.132. The zero-order valence-corrected chi connectivity index (χ0v) is 19.4. The number of unbranched alkanes of at least 4 members (excludes halogenated alkanes) is 1. The Bertz CT molecular complexity index is 686. The van der Waals surface area contributed by atoms with Crippen LogP contribution in [0, 0.1) is 6.92 Å². The molecule has 1 aromatic rings. The van der Waals surface area contributed by atoms with Gasteiger partial charge in [0.1, 0.15) is 5.76 Å². The van der Waals surface area contributed by atoms with Crippen molar-refractivity contribution in [2.75, 3.05) is 23.4 Å². The van der Waals surface area contributed by atoms with Crippen molar-refractivity contribution in [3.05, 3.63) is 11.8 Å². The lowest BCUT2D eigenvalue weighted by atomic mass is 9.79. The lowest BCUT2D eigenvalue weighted by Crippen LogP contribution is -2.63. The first-order valence-corrected chi connectivity index (χ1v) is 11.6. The Hall–Kier alpha value is -1.54. The normalized spacial score (nSPS) is 18.4. The largest absolute Gasteiger partial charge is 0.360 e. The number of anilines is 1. The highest BCUT2D eigenvalue weighted by atomic mass is 32.2. The molecule has 1 saturated heterocycles. The molecule has 29 heavy (non-hydrogen) atoms. The molecule has 0 radical (unpaired) electrons. The van der Waals surface area contributed by atoms with Gasteiger partial charge in [-0.15, -0.1) is 11.8 Å². The van der Waals surface area contributed by atoms with E-state index in [-0.39, 0.29) is 34.7 Å². The monoisotopic (exact) mass is 424 g/mol. The maximum atomic E-state index is 13.0. The van der Waals surface area contributed by atoms with Gasteiger partial charge in [0.05, 0.1) is 11.5 Å². The zero-order valence-electron chi connectivity index (χ0n) is 18.6. The van der Waals surface area contributed by atoms with Crippen LogP contribution in [0.5, 0.6) is 0 Å². The molecule has 2 heterocycles. The van der Waals surface area contributed by atoms with Gasteiger partial charge in [0.15, 0.2) is 5.82 Å². The molecule has 0 aliphatic carbocycles. The molecule has 2 N–H and O–H groups in total. The molecule has 0 unspecified atom stereocenters. The Morgan fingerprint density at radius 2 is 1.93 bits per heavy atom. The molecule has 0 atom stereocenters. The van der Waals surface area contributed by atoms with Crippen molar-refractivity contribution in [1.82, 2.24) is 15.4 Å². The smallest absolute Gasteiger partial charge is 0.235 e. The van der Waals surface area contributed by atoms with Crippen LogP contribution in [0.4, 0.5) is 5.82 Å². The van der Waals surface area contributed by atoms with Crippen LogP contribution in [-0.2, 0) is 9.59 Å². The summed E-state index contributed by atoms with van der Waals surface area (Å²) in [4.78, 5) is 27.2. The fraction of sp³-hybridized carbons (Fsp3) is 0.762. The molecule has 164 valence electrons. The van der Waals surface area contributed by atoms with Crippen LogP contribution in [0.3, 0.4) is 0 Å². The third-order valence-corrected chi connectivity index (χ3v) is 5.95. The molecular weight excluding hydrogens is 388 g/mol. The average Bonchev–Trinajstić information content (AvgIpc) is 2.97. The van der Waals surface area contributed by atoms with Crippen molar-refractivity contribution in [2.45, 2.75) is 84.3 Å². The summed E-state index contributed by atoms with van der Waals surface area (Å²) in [5, 5.41) is 10.1. The number of amides is 2. The number of rotatable bonds is 9. The molecule has 0 aromatic carbocycles. The topological polar surface area (TPSA) is 87.5 Å². The van der Waals surface area contributed by atoms with E-state index in [1.54, 1.807) is 13.0 Å². The van der Waals surface area contributed by atoms with E-state index >= 15 is 0 Å². The Balaban J connectivity index is 1.91. The second-order valence-electron chi connectivity index (χ2n) is 9.26. The van der Waals surface area contributed by atoms with Crippen LogP contribution >= 0.6 is 11.8 Å². The molecule has 0 spiro atoms. The predicted octanol–water partition coefficient (Wildman–Crippen LogP) is 3.59. The molecule has 0 saturated carbocycles. The van der Waals surface area contributed by atoms with Crippen LogP contribution in [-0.4, -0.2) is 57.0 Å². The summed E-state index contributed by atoms with van der Waals surface area (Å²) in [7, 11) is 0. The molecule has 1 aromatic heterocycles. The molecule has 2 amide bonds. The van der Waals surface area contributed by atoms with E-state index in [1.165, 1.54) is 11.8 Å². The highest BCUT2D eigenvalue weighted by Crippen LogP contribution is 2.32. The summed E-state index contributed by atoms with van der Waals surface area (Å²) in [5.74, 6) is 1.50. The standard InChI is InChI=1S/C21H36N4O3S/c1-7-8-9-25(16-11-20(3,4)24-21(5,6)12-16)19(27)14-29-13-18(26)22-17-10-15(2)28-23-17/h10,16,24H,7-9,11-14H2,1-6H3,(H,22,23,26). The highest BCUT2D eigenvalue weighted by Gasteiger charge is 2.40. The van der Waals surface area contributed by atoms with Gasteiger partial charge in [-0.1, -0.05) is 18.5 Å². The zero-order chi connectivity index (χ0) is 21.7. The molecule has 2 rings (SSSR count). The van der Waals surface area contributed by atoms with Crippen molar-refractivity contribution >= 4 is 29.4 Å². The summed E-state index contributed by atoms with van der Waals surface area (Å²) in [6.45, 7) is 13.5. The minimum Gasteiger partial charge on any atom is -0.360 e. The van der Waals surface area contributed by atoms with Gasteiger partial charge in [-0.25, -0.2) is 0 Å². The summed E-state index contributed by atoms with van der Waals surface area (Å²) < 4.78 is 4.94. The highest BCUT2D eigenvalue weighted by molar-refractivity contribution is 8.00. The fourth-order valence-corrected chi connectivity index (χ4v) is 4.95. The van der Waals surface area contributed by atoms with E-state index < -0.39 is 0 Å². The first-order chi connectivity index (χ1) is 13.5. The Morgan fingerprint density at radius 1 is 1.28 bits per heavy atom. The maximum absolute atomic E-state index is 13.0. The van der Waals surface area contributed by atoms with Crippen molar-refractivity contribution in [3.8, 4) is 0 Å². The van der Waals surface area contributed by atoms with Crippen LogP contribution < -0.4 is 10.6 Å². The number of nitrogens with zero attached hydrogens (tertiary/aromatic N) is 2. The van der Waals surface area contributed by atoms with Crippen molar-refractivity contribution in [1.29, 1.82) is 0 Å². The first-order valence-electron chi connectivity index (χ1n) is 10.4. The molecule has 1 fully saturated rings. The SMILES string of the molecule is CCCCN(C(=O)CSCC(=O)Nc1cc(C)on1)C1CC(C)(C)NC(C)(C)C1. The molecule has 1 aliphatic heterocycles. The van der Waals surface area contributed by atoms with Gasteiger partial charge in [-0.05, 0) is 53.9 Å². The summed E-state index contributed by atoms with van der Waals surface area (Å²) in [6.07, 6.45) is 3.91. The number of nitrogens with one attached hydrogen (secondary N) is 2. The van der Waals surface area contributed by atoms with Crippen LogP contribution in [0.2, 0.25) is 0 Å². The van der Waals surface area contributed by atoms with Gasteiger partial charge in [0.2, 0.25) is 11.8 Å². The summed E-state index contributed by atoms with van der Waals surface area (Å²) in [5.41, 5.74) is -0.0279. The lowest BCUT2D eigenvalue weighted by Gasteiger charge is -2.49. The van der Waals surface area contributed by atoms with Crippen molar-refractivity contribution in [2.24, 2.45) is 0 Å². The second kappa shape index (κ2) is 9.98. The number of carbonyl (C=O) groups is 2. The predicted molar refractivity (Wildman–Crippen MR) is 118 cm³/mol. The van der Waals surface area contributed by atoms with Gasteiger partial charge in [0, 0.05) is 29.7 Å². The van der Waals surface area contributed by atoms with Gasteiger partial charge < -0.3 is 20.1 Å². The van der Waals surface area contributed by atoms with Crippen molar-refractivity contribution in [3.63, 3.8) is 0 Å². The molecular formula is C21H36N4O3S. The number of hydrogen-bond donors (Lipinski definition) is 2. The van der Waals surface area contributed by atoms with E-state index in [0.29, 0.717) is 17.3 Å². The van der Waals surface area contributed by atoms with E-state index in [2.05, 4.69) is 55.3 Å². The van der Waals surface area contributed by atoms with E-state index in [4.69, 9.17) is 4.52 Å². The van der Waals surface area contributed by atoms with Crippen molar-refractivity contribution < 1.29 is 14.1 Å². The molecule has 7 nitrogen and oxygen atoms in total. The number of aryl methyl sites for hydroxylation is 1. The number of carbonyl (C=O) groups excluding carboxylic acids is 2. The van der Waals surface area contributed by atoms with Gasteiger partial charge in [-0.3, -0.25) is 9.59 Å². The summed E-state index contributed by atoms with van der Waals surface area (Å²) in [6, 6.07) is 1.88. The Kier molecular flexibility index (Phi) is 8.17. The Morgan fingerprint density at radius 3 is 2.48 bits per heavy atom. The number of thioether (sulfide) groups is 1. The van der Waals surface area contributed by atoms with E-state index in [1.807, 2.05) is 0 Å². The van der Waals surface area contributed by atoms with Crippen LogP contribution in [0.25, 0.3) is 0 Å². The van der Waals surface area contributed by atoms with Gasteiger partial charge in [-0.2, -0.15) is 0 Å². The Labute approximate surface area is 178 Å². The van der Waals surface area contributed by atoms with Crippen LogP contribution in [0.15, 0.2) is 10.6 Å². The minimum atomic E-state index is -0.180. The number of piperidine rings is 1. The third kappa shape index (κ3) is 7.66.